The number of nitrogens with one attached hydrogen (secondary N) is 1. The molecule has 2 aromatic heterocycles. The van der Waals surface area contributed by atoms with E-state index in [0.717, 1.165) is 55.3 Å². The fraction of sp³-hybridized carbons (Fsp3) is 0.417. The van der Waals surface area contributed by atoms with Gasteiger partial charge in [-0.15, -0.1) is 0 Å². The third-order valence-corrected chi connectivity index (χ3v) is 8.18. The predicted molar refractivity (Wildman–Crippen MR) is 130 cm³/mol. The number of rotatable bonds is 3. The molecule has 0 atom stereocenters. The maximum Gasteiger partial charge on any atom is 0.280 e. The molecule has 8 heteroatoms. The molecule has 4 heterocycles. The van der Waals surface area contributed by atoms with Gasteiger partial charge in [-0.3, -0.25) is 14.6 Å². The lowest BCUT2D eigenvalue weighted by Gasteiger charge is -2.41. The Bertz CT molecular complexity index is 1200. The van der Waals surface area contributed by atoms with E-state index in [0.29, 0.717) is 21.2 Å². The number of hydrogen-bond acceptors (Lipinski definition) is 6. The van der Waals surface area contributed by atoms with Crippen LogP contribution in [-0.2, 0) is 17.7 Å². The first-order chi connectivity index (χ1) is 15.3. The van der Waals surface area contributed by atoms with E-state index >= 15 is 0 Å². The van der Waals surface area contributed by atoms with Gasteiger partial charge < -0.3 is 10.5 Å². The largest absolute Gasteiger partial charge is 0.397 e. The third kappa shape index (κ3) is 3.57. The van der Waals surface area contributed by atoms with Crippen LogP contribution in [0.3, 0.4) is 0 Å². The number of thiophene rings is 1. The molecule has 0 unspecified atom stereocenters. The average Bonchev–Trinajstić information content (AvgIpc) is 3.11. The van der Waals surface area contributed by atoms with E-state index in [1.807, 2.05) is 0 Å². The number of benzene rings is 1. The Kier molecular flexibility index (Phi) is 5.40. The number of carbonyl (C=O) groups is 1. The van der Waals surface area contributed by atoms with Gasteiger partial charge in [-0.05, 0) is 57.1 Å². The minimum Gasteiger partial charge on any atom is -0.397 e. The Hall–Kier alpha value is -2.19. The maximum atomic E-state index is 13.3. The van der Waals surface area contributed by atoms with Crippen molar-refractivity contribution in [3.8, 4) is 0 Å². The number of morpholine rings is 1. The highest BCUT2D eigenvalue weighted by Crippen LogP contribution is 2.43. The average molecular weight is 472 g/mol. The summed E-state index contributed by atoms with van der Waals surface area (Å²) in [5.41, 5.74) is 10.4. The molecular formula is C24H28ClN4O2S+. The number of nitrogens with two attached hydrogens (primary N) is 1. The summed E-state index contributed by atoms with van der Waals surface area (Å²) in [7, 11) is 2.17. The van der Waals surface area contributed by atoms with Gasteiger partial charge in [-0.25, -0.2) is 4.98 Å². The van der Waals surface area contributed by atoms with Gasteiger partial charge in [0.15, 0.2) is 4.83 Å². The molecule has 0 radical (unpaired) electrons. The summed E-state index contributed by atoms with van der Waals surface area (Å²) in [5.74, 6) is 1.06. The van der Waals surface area contributed by atoms with Crippen molar-refractivity contribution in [1.29, 1.82) is 0 Å². The summed E-state index contributed by atoms with van der Waals surface area (Å²) in [4.78, 5) is 23.3. The highest BCUT2D eigenvalue weighted by molar-refractivity contribution is 7.21. The molecule has 3 aromatic rings. The molecule has 0 aliphatic carbocycles. The van der Waals surface area contributed by atoms with Crippen molar-refractivity contribution >= 4 is 50.4 Å². The molecule has 0 amide bonds. The third-order valence-electron chi connectivity index (χ3n) is 6.81. The molecule has 2 aliphatic rings. The van der Waals surface area contributed by atoms with Gasteiger partial charge in [0.05, 0.1) is 29.9 Å². The molecule has 0 spiro atoms. The van der Waals surface area contributed by atoms with Gasteiger partial charge in [0.2, 0.25) is 5.78 Å². The first-order valence-electron chi connectivity index (χ1n) is 10.9. The zero-order chi connectivity index (χ0) is 22.6. The van der Waals surface area contributed by atoms with Crippen molar-refractivity contribution in [3.05, 3.63) is 50.9 Å². The van der Waals surface area contributed by atoms with Crippen LogP contribution in [0, 0.1) is 0 Å². The van der Waals surface area contributed by atoms with E-state index < -0.39 is 0 Å². The first kappa shape index (κ1) is 21.6. The zero-order valence-electron chi connectivity index (χ0n) is 18.6. The lowest BCUT2D eigenvalue weighted by molar-refractivity contribution is -0.329. The monoisotopic (exact) mass is 471 g/mol. The number of aromatic nitrogens is 1. The van der Waals surface area contributed by atoms with Crippen LogP contribution >= 0.6 is 22.9 Å². The van der Waals surface area contributed by atoms with Crippen molar-refractivity contribution in [2.24, 2.45) is 0 Å². The van der Waals surface area contributed by atoms with Crippen molar-refractivity contribution in [3.63, 3.8) is 0 Å². The number of nitrogen functional groups attached to an aromatic ring is 1. The van der Waals surface area contributed by atoms with Crippen LogP contribution in [0.4, 0.5) is 11.5 Å². The smallest absolute Gasteiger partial charge is 0.280 e. The molecule has 1 aromatic carbocycles. The molecule has 32 heavy (non-hydrogen) atoms. The summed E-state index contributed by atoms with van der Waals surface area (Å²) in [6.07, 6.45) is 0.872. The number of halogens is 1. The van der Waals surface area contributed by atoms with E-state index in [2.05, 4.69) is 35.7 Å². The minimum absolute atomic E-state index is 0.00170. The number of hydrogen-bond donors (Lipinski definition) is 1. The summed E-state index contributed by atoms with van der Waals surface area (Å²) in [6, 6.07) is 6.98. The van der Waals surface area contributed by atoms with Crippen molar-refractivity contribution in [2.45, 2.75) is 32.4 Å². The Labute approximate surface area is 196 Å². The number of pyridine rings is 1. The van der Waals surface area contributed by atoms with Crippen LogP contribution in [0.2, 0.25) is 5.02 Å². The van der Waals surface area contributed by atoms with Crippen LogP contribution in [0.15, 0.2) is 24.3 Å². The summed E-state index contributed by atoms with van der Waals surface area (Å²) < 4.78 is 5.58. The fourth-order valence-electron chi connectivity index (χ4n) is 4.65. The molecule has 168 valence electrons. The number of H-pyrrole nitrogens is 1. The van der Waals surface area contributed by atoms with Crippen LogP contribution < -0.4 is 15.6 Å². The van der Waals surface area contributed by atoms with Gasteiger partial charge in [0.25, 0.3) is 5.82 Å². The van der Waals surface area contributed by atoms with Crippen molar-refractivity contribution in [1.82, 2.24) is 4.90 Å². The highest BCUT2D eigenvalue weighted by atomic mass is 35.5. The molecule has 0 saturated carbocycles. The Morgan fingerprint density at radius 2 is 1.88 bits per heavy atom. The second-order valence-electron chi connectivity index (χ2n) is 9.26. The minimum atomic E-state index is -0.0670. The van der Waals surface area contributed by atoms with E-state index in [1.54, 1.807) is 24.3 Å². The van der Waals surface area contributed by atoms with E-state index in [-0.39, 0.29) is 11.3 Å². The molecule has 0 bridgehead atoms. The fourth-order valence-corrected chi connectivity index (χ4v) is 5.89. The van der Waals surface area contributed by atoms with Gasteiger partial charge in [0, 0.05) is 22.7 Å². The maximum absolute atomic E-state index is 13.3. The topological polar surface area (TPSA) is 72.9 Å². The normalized spacial score (nSPS) is 18.7. The number of carbonyl (C=O) groups excluding carboxylic acids is 1. The number of fused-ring (bicyclic) bond motifs is 3. The lowest BCUT2D eigenvalue weighted by atomic mass is 9.84. The number of likely N-dealkylation sites (N-methyl/N-ethyl adjacent to an activating group) is 1. The van der Waals surface area contributed by atoms with Crippen molar-refractivity contribution in [2.75, 3.05) is 44.0 Å². The van der Waals surface area contributed by atoms with Crippen molar-refractivity contribution < 1.29 is 14.5 Å². The van der Waals surface area contributed by atoms with Gasteiger partial charge >= 0.3 is 0 Å². The quantitative estimate of drug-likeness (QED) is 0.588. The van der Waals surface area contributed by atoms with Crippen LogP contribution in [0.1, 0.15) is 40.2 Å². The molecular weight excluding hydrogens is 444 g/mol. The molecule has 1 fully saturated rings. The van der Waals surface area contributed by atoms with E-state index in [9.17, 15) is 4.79 Å². The number of anilines is 2. The molecule has 5 rings (SSSR count). The Morgan fingerprint density at radius 3 is 2.56 bits per heavy atom. The Morgan fingerprint density at radius 1 is 1.19 bits per heavy atom. The Balaban J connectivity index is 1.70. The van der Waals surface area contributed by atoms with Gasteiger partial charge in [-0.1, -0.05) is 22.9 Å². The van der Waals surface area contributed by atoms with Crippen LogP contribution in [0.5, 0.6) is 0 Å². The zero-order valence-corrected chi connectivity index (χ0v) is 20.2. The SMILES string of the molecule is CN1Cc2c(N3CCOCC3)[nH+]c3sc(C(=O)c4ccc(Cl)cc4)c(N)c3c2CC1(C)C. The molecule has 3 N–H and O–H groups in total. The predicted octanol–water partition coefficient (Wildman–Crippen LogP) is 3.79. The number of nitrogens with zero attached hydrogens (tertiary/aromatic N) is 2. The van der Waals surface area contributed by atoms with E-state index in [1.165, 1.54) is 22.5 Å². The molecule has 6 nitrogen and oxygen atoms in total. The number of ketones is 1. The van der Waals surface area contributed by atoms with E-state index in [4.69, 9.17) is 22.1 Å². The standard InChI is InChI=1S/C24H27ClN4O2S/c1-24(2)12-16-17(13-28(24)3)22(29-8-10-31-11-9-29)27-23-18(16)19(26)21(32-23)20(30)14-4-6-15(25)7-5-14/h4-7H,8-13,26H2,1-3H3/p+1. The second kappa shape index (κ2) is 7.99. The number of aromatic amines is 1. The molecule has 1 saturated heterocycles. The lowest BCUT2D eigenvalue weighted by Crippen LogP contribution is -2.48. The summed E-state index contributed by atoms with van der Waals surface area (Å²) in [5, 5.41) is 1.61. The number of ether oxygens (including phenoxy) is 1. The highest BCUT2D eigenvalue weighted by Gasteiger charge is 2.38. The summed E-state index contributed by atoms with van der Waals surface area (Å²) >= 11 is 7.46. The first-order valence-corrected chi connectivity index (χ1v) is 12.1. The second-order valence-corrected chi connectivity index (χ2v) is 10.7. The summed E-state index contributed by atoms with van der Waals surface area (Å²) in [6.45, 7) is 8.48. The van der Waals surface area contributed by atoms with Gasteiger partial charge in [0.1, 0.15) is 18.0 Å². The van der Waals surface area contributed by atoms with Crippen LogP contribution in [0.25, 0.3) is 10.2 Å². The van der Waals surface area contributed by atoms with Crippen LogP contribution in [-0.4, -0.2) is 49.6 Å². The molecule has 2 aliphatic heterocycles. The van der Waals surface area contributed by atoms with Gasteiger partial charge in [-0.2, -0.15) is 0 Å².